The molecule has 1 aliphatic heterocycles. The van der Waals surface area contributed by atoms with Gasteiger partial charge in [0.1, 0.15) is 0 Å². The van der Waals surface area contributed by atoms with Crippen LogP contribution in [0.25, 0.3) is 0 Å². The molecule has 0 radical (unpaired) electrons. The molecule has 7 heteroatoms. The van der Waals surface area contributed by atoms with E-state index in [0.29, 0.717) is 5.95 Å². The van der Waals surface area contributed by atoms with Crippen molar-refractivity contribution in [1.29, 1.82) is 0 Å². The average molecular weight is 243 g/mol. The zero-order chi connectivity index (χ0) is 11.5. The summed E-state index contributed by atoms with van der Waals surface area (Å²) in [6.07, 6.45) is 3.55. The van der Waals surface area contributed by atoms with E-state index in [0.717, 1.165) is 25.9 Å². The molecule has 1 aliphatic rings. The Bertz CT molecular complexity index is 406. The minimum Gasteiger partial charge on any atom is -0.341 e. The predicted octanol–water partition coefficient (Wildman–Crippen LogP) is 0.849. The predicted molar refractivity (Wildman–Crippen MR) is 57.7 cm³/mol. The maximum Gasteiger partial charge on any atom is 0.294 e. The third kappa shape index (κ3) is 2.07. The van der Waals surface area contributed by atoms with E-state index in [9.17, 15) is 4.79 Å². The standard InChI is InChI=1S/C9H11ClN4O2/c10-6-5-11-9(14-3-1-2-4-14)12-7(6)8(15)13-16/h5,16H,1-4H2,(H,13,15). The van der Waals surface area contributed by atoms with E-state index in [1.807, 2.05) is 4.90 Å². The Balaban J connectivity index is 2.30. The molecule has 16 heavy (non-hydrogen) atoms. The first-order valence-electron chi connectivity index (χ1n) is 4.94. The molecule has 0 unspecified atom stereocenters. The van der Waals surface area contributed by atoms with E-state index in [1.165, 1.54) is 11.7 Å². The van der Waals surface area contributed by atoms with E-state index in [4.69, 9.17) is 16.8 Å². The van der Waals surface area contributed by atoms with Gasteiger partial charge in [-0.15, -0.1) is 0 Å². The maximum atomic E-state index is 11.2. The van der Waals surface area contributed by atoms with Crippen molar-refractivity contribution in [1.82, 2.24) is 15.4 Å². The van der Waals surface area contributed by atoms with Crippen LogP contribution in [0.1, 0.15) is 23.3 Å². The van der Waals surface area contributed by atoms with Gasteiger partial charge in [-0.05, 0) is 12.8 Å². The Kier molecular flexibility index (Phi) is 3.21. The van der Waals surface area contributed by atoms with E-state index >= 15 is 0 Å². The molecule has 1 aromatic heterocycles. The summed E-state index contributed by atoms with van der Waals surface area (Å²) in [5, 5.41) is 8.66. The van der Waals surface area contributed by atoms with Crippen LogP contribution in [0.3, 0.4) is 0 Å². The molecule has 0 saturated carbocycles. The van der Waals surface area contributed by atoms with Crippen molar-refractivity contribution >= 4 is 23.5 Å². The summed E-state index contributed by atoms with van der Waals surface area (Å²) in [6, 6.07) is 0. The highest BCUT2D eigenvalue weighted by atomic mass is 35.5. The monoisotopic (exact) mass is 242 g/mol. The molecule has 0 bridgehead atoms. The maximum absolute atomic E-state index is 11.2. The Morgan fingerprint density at radius 3 is 2.81 bits per heavy atom. The van der Waals surface area contributed by atoms with E-state index < -0.39 is 5.91 Å². The molecule has 0 aromatic carbocycles. The summed E-state index contributed by atoms with van der Waals surface area (Å²) in [7, 11) is 0. The van der Waals surface area contributed by atoms with Gasteiger partial charge in [-0.1, -0.05) is 11.6 Å². The van der Waals surface area contributed by atoms with E-state index in [1.54, 1.807) is 0 Å². The number of nitrogens with zero attached hydrogens (tertiary/aromatic N) is 3. The molecule has 1 fully saturated rings. The Hall–Kier alpha value is -1.40. The number of halogens is 1. The Morgan fingerprint density at radius 2 is 2.19 bits per heavy atom. The van der Waals surface area contributed by atoms with Gasteiger partial charge in [-0.3, -0.25) is 10.0 Å². The third-order valence-electron chi connectivity index (χ3n) is 2.44. The fourth-order valence-electron chi connectivity index (χ4n) is 1.64. The molecule has 0 spiro atoms. The second-order valence-electron chi connectivity index (χ2n) is 3.50. The number of rotatable bonds is 2. The lowest BCUT2D eigenvalue weighted by atomic mass is 10.4. The summed E-state index contributed by atoms with van der Waals surface area (Å²) in [5.41, 5.74) is 1.49. The Labute approximate surface area is 97.2 Å². The molecule has 6 nitrogen and oxygen atoms in total. The SMILES string of the molecule is O=C(NO)c1nc(N2CCCC2)ncc1Cl. The molecule has 2 N–H and O–H groups in total. The van der Waals surface area contributed by atoms with Crippen LogP contribution < -0.4 is 10.4 Å². The topological polar surface area (TPSA) is 78.3 Å². The van der Waals surface area contributed by atoms with Crippen LogP contribution in [0.4, 0.5) is 5.95 Å². The summed E-state index contributed by atoms with van der Waals surface area (Å²) >= 11 is 5.76. The summed E-state index contributed by atoms with van der Waals surface area (Å²) in [6.45, 7) is 1.75. The quantitative estimate of drug-likeness (QED) is 0.594. The second-order valence-corrected chi connectivity index (χ2v) is 3.91. The Morgan fingerprint density at radius 1 is 1.50 bits per heavy atom. The highest BCUT2D eigenvalue weighted by Gasteiger charge is 2.19. The lowest BCUT2D eigenvalue weighted by molar-refractivity contribution is 0.0701. The van der Waals surface area contributed by atoms with Crippen molar-refractivity contribution in [2.24, 2.45) is 0 Å². The number of amides is 1. The largest absolute Gasteiger partial charge is 0.341 e. The molecular formula is C9H11ClN4O2. The molecule has 2 heterocycles. The van der Waals surface area contributed by atoms with Crippen LogP contribution in [0.5, 0.6) is 0 Å². The van der Waals surface area contributed by atoms with Gasteiger partial charge in [0.25, 0.3) is 5.91 Å². The molecule has 86 valence electrons. The van der Waals surface area contributed by atoms with Gasteiger partial charge in [0, 0.05) is 13.1 Å². The van der Waals surface area contributed by atoms with Gasteiger partial charge in [0.2, 0.25) is 5.95 Å². The zero-order valence-electron chi connectivity index (χ0n) is 8.48. The first-order valence-corrected chi connectivity index (χ1v) is 5.32. The van der Waals surface area contributed by atoms with Gasteiger partial charge in [0.15, 0.2) is 5.69 Å². The first-order chi connectivity index (χ1) is 7.72. The lowest BCUT2D eigenvalue weighted by Crippen LogP contribution is -2.25. The number of carbonyl (C=O) groups excluding carboxylic acids is 1. The fraction of sp³-hybridized carbons (Fsp3) is 0.444. The summed E-state index contributed by atoms with van der Waals surface area (Å²) < 4.78 is 0. The van der Waals surface area contributed by atoms with E-state index in [-0.39, 0.29) is 10.7 Å². The summed E-state index contributed by atoms with van der Waals surface area (Å²) in [5.74, 6) is -0.256. The summed E-state index contributed by atoms with van der Waals surface area (Å²) in [4.78, 5) is 21.3. The molecule has 0 aliphatic carbocycles. The highest BCUT2D eigenvalue weighted by Crippen LogP contribution is 2.19. The molecule has 2 rings (SSSR count). The van der Waals surface area contributed by atoms with Crippen LogP contribution in [0, 0.1) is 0 Å². The van der Waals surface area contributed by atoms with Gasteiger partial charge < -0.3 is 4.90 Å². The first kappa shape index (κ1) is 11.1. The number of hydrogen-bond donors (Lipinski definition) is 2. The molecular weight excluding hydrogens is 232 g/mol. The molecule has 1 amide bonds. The van der Waals surface area contributed by atoms with Gasteiger partial charge in [-0.25, -0.2) is 15.4 Å². The zero-order valence-corrected chi connectivity index (χ0v) is 9.24. The van der Waals surface area contributed by atoms with Gasteiger partial charge in [0.05, 0.1) is 11.2 Å². The van der Waals surface area contributed by atoms with Crippen molar-refractivity contribution in [3.8, 4) is 0 Å². The van der Waals surface area contributed by atoms with Crippen molar-refractivity contribution in [3.05, 3.63) is 16.9 Å². The van der Waals surface area contributed by atoms with Crippen LogP contribution >= 0.6 is 11.6 Å². The van der Waals surface area contributed by atoms with Gasteiger partial charge >= 0.3 is 0 Å². The van der Waals surface area contributed by atoms with Crippen LogP contribution in [-0.4, -0.2) is 34.2 Å². The number of nitrogens with one attached hydrogen (secondary N) is 1. The van der Waals surface area contributed by atoms with Crippen LogP contribution in [0.15, 0.2) is 6.20 Å². The molecule has 1 saturated heterocycles. The van der Waals surface area contributed by atoms with Crippen molar-refractivity contribution in [3.63, 3.8) is 0 Å². The average Bonchev–Trinajstić information content (AvgIpc) is 2.82. The van der Waals surface area contributed by atoms with Gasteiger partial charge in [-0.2, -0.15) is 0 Å². The highest BCUT2D eigenvalue weighted by molar-refractivity contribution is 6.33. The molecule has 1 aromatic rings. The van der Waals surface area contributed by atoms with Crippen molar-refractivity contribution < 1.29 is 10.0 Å². The minimum atomic E-state index is -0.729. The molecule has 0 atom stereocenters. The third-order valence-corrected chi connectivity index (χ3v) is 2.71. The number of anilines is 1. The lowest BCUT2D eigenvalue weighted by Gasteiger charge is -2.15. The normalized spacial score (nSPS) is 15.2. The number of hydroxylamine groups is 1. The fourth-order valence-corrected chi connectivity index (χ4v) is 1.82. The number of carbonyl (C=O) groups is 1. The minimum absolute atomic E-state index is 0.0129. The van der Waals surface area contributed by atoms with E-state index in [2.05, 4.69) is 9.97 Å². The van der Waals surface area contributed by atoms with Crippen molar-refractivity contribution in [2.75, 3.05) is 18.0 Å². The second kappa shape index (κ2) is 4.63. The number of aromatic nitrogens is 2. The van der Waals surface area contributed by atoms with Crippen molar-refractivity contribution in [2.45, 2.75) is 12.8 Å². The number of hydrogen-bond acceptors (Lipinski definition) is 5. The smallest absolute Gasteiger partial charge is 0.294 e. The van der Waals surface area contributed by atoms with Crippen LogP contribution in [0.2, 0.25) is 5.02 Å². The van der Waals surface area contributed by atoms with Crippen LogP contribution in [-0.2, 0) is 0 Å².